The number of carbonyl (C=O) groups is 1. The first-order valence-electron chi connectivity index (χ1n) is 7.15. The molecule has 0 N–H and O–H groups in total. The first kappa shape index (κ1) is 13.0. The summed E-state index contributed by atoms with van der Waals surface area (Å²) in [5.74, 6) is 1.62. The summed E-state index contributed by atoms with van der Waals surface area (Å²) in [6, 6.07) is 5.92. The molecule has 3 rings (SSSR count). The van der Waals surface area contributed by atoms with Crippen LogP contribution in [0.1, 0.15) is 37.8 Å². The Morgan fingerprint density at radius 2 is 2.11 bits per heavy atom. The molecule has 0 spiro atoms. The summed E-state index contributed by atoms with van der Waals surface area (Å²) in [4.78, 5) is 18.5. The van der Waals surface area contributed by atoms with Gasteiger partial charge >= 0.3 is 0 Å². The van der Waals surface area contributed by atoms with Crippen LogP contribution in [0.15, 0.2) is 24.4 Å². The summed E-state index contributed by atoms with van der Waals surface area (Å²) >= 11 is 1.83. The number of amides is 1. The van der Waals surface area contributed by atoms with E-state index in [-0.39, 0.29) is 5.91 Å². The molecular weight excluding hydrogens is 256 g/mol. The predicted octanol–water partition coefficient (Wildman–Crippen LogP) is 3.06. The molecule has 2 fully saturated rings. The smallest absolute Gasteiger partial charge is 0.233 e. The average Bonchev–Trinajstić information content (AvgIpc) is 2.82. The van der Waals surface area contributed by atoms with Gasteiger partial charge in [0, 0.05) is 6.20 Å². The fourth-order valence-electron chi connectivity index (χ4n) is 3.13. The quantitative estimate of drug-likeness (QED) is 0.850. The Labute approximate surface area is 118 Å². The zero-order valence-electron chi connectivity index (χ0n) is 11.1. The third kappa shape index (κ3) is 2.94. The van der Waals surface area contributed by atoms with E-state index in [4.69, 9.17) is 0 Å². The SMILES string of the molecule is O=C1CSC(C2CCCCC2)N1Cc1ccccn1. The summed E-state index contributed by atoms with van der Waals surface area (Å²) in [6.45, 7) is 0.674. The van der Waals surface area contributed by atoms with Crippen LogP contribution in [0.3, 0.4) is 0 Å². The van der Waals surface area contributed by atoms with Crippen LogP contribution in [-0.4, -0.2) is 26.9 Å². The van der Waals surface area contributed by atoms with Crippen molar-refractivity contribution in [2.45, 2.75) is 44.0 Å². The van der Waals surface area contributed by atoms with Crippen LogP contribution in [-0.2, 0) is 11.3 Å². The van der Waals surface area contributed by atoms with Gasteiger partial charge in [-0.05, 0) is 30.9 Å². The number of carbonyl (C=O) groups excluding carboxylic acids is 1. The van der Waals surface area contributed by atoms with Crippen molar-refractivity contribution in [3.8, 4) is 0 Å². The largest absolute Gasteiger partial charge is 0.324 e. The number of nitrogens with zero attached hydrogens (tertiary/aromatic N) is 2. The van der Waals surface area contributed by atoms with Gasteiger partial charge in [0.15, 0.2) is 0 Å². The first-order valence-corrected chi connectivity index (χ1v) is 8.20. The van der Waals surface area contributed by atoms with Crippen LogP contribution in [0.5, 0.6) is 0 Å². The molecule has 4 heteroatoms. The summed E-state index contributed by atoms with van der Waals surface area (Å²) in [7, 11) is 0. The molecule has 0 bridgehead atoms. The fraction of sp³-hybridized carbons (Fsp3) is 0.600. The Morgan fingerprint density at radius 3 is 2.84 bits per heavy atom. The first-order chi connectivity index (χ1) is 9.34. The second-order valence-corrected chi connectivity index (χ2v) is 6.55. The van der Waals surface area contributed by atoms with Crippen LogP contribution < -0.4 is 0 Å². The second kappa shape index (κ2) is 5.95. The van der Waals surface area contributed by atoms with Crippen LogP contribution in [0.2, 0.25) is 0 Å². The number of hydrogen-bond acceptors (Lipinski definition) is 3. The minimum atomic E-state index is 0.284. The summed E-state index contributed by atoms with van der Waals surface area (Å²) in [5.41, 5.74) is 0.999. The number of thioether (sulfide) groups is 1. The highest BCUT2D eigenvalue weighted by Crippen LogP contribution is 2.38. The van der Waals surface area contributed by atoms with Gasteiger partial charge < -0.3 is 4.90 Å². The van der Waals surface area contributed by atoms with Gasteiger partial charge in [-0.3, -0.25) is 9.78 Å². The van der Waals surface area contributed by atoms with Crippen LogP contribution >= 0.6 is 11.8 Å². The molecule has 1 saturated heterocycles. The van der Waals surface area contributed by atoms with E-state index in [0.717, 1.165) is 5.69 Å². The molecule has 102 valence electrons. The zero-order chi connectivity index (χ0) is 13.1. The van der Waals surface area contributed by atoms with E-state index in [2.05, 4.69) is 9.88 Å². The van der Waals surface area contributed by atoms with Gasteiger partial charge in [0.1, 0.15) is 0 Å². The van der Waals surface area contributed by atoms with Crippen LogP contribution in [0.25, 0.3) is 0 Å². The fourth-order valence-corrected chi connectivity index (χ4v) is 4.52. The minimum absolute atomic E-state index is 0.284. The van der Waals surface area contributed by atoms with Gasteiger partial charge in [-0.1, -0.05) is 25.3 Å². The minimum Gasteiger partial charge on any atom is -0.324 e. The van der Waals surface area contributed by atoms with Crippen LogP contribution in [0, 0.1) is 5.92 Å². The molecule has 1 atom stereocenters. The lowest BCUT2D eigenvalue weighted by molar-refractivity contribution is -0.129. The Kier molecular flexibility index (Phi) is 4.06. The van der Waals surface area contributed by atoms with Crippen molar-refractivity contribution in [2.24, 2.45) is 5.92 Å². The standard InChI is InChI=1S/C15H20N2OS/c18-14-11-19-15(12-6-2-1-3-7-12)17(14)10-13-8-4-5-9-16-13/h4-5,8-9,12,15H,1-3,6-7,10-11H2. The molecule has 1 aliphatic carbocycles. The van der Waals surface area contributed by atoms with Gasteiger partial charge in [-0.25, -0.2) is 0 Å². The molecule has 19 heavy (non-hydrogen) atoms. The highest BCUT2D eigenvalue weighted by molar-refractivity contribution is 8.01. The molecule has 1 aliphatic heterocycles. The normalized spacial score (nSPS) is 24.9. The highest BCUT2D eigenvalue weighted by atomic mass is 32.2. The maximum Gasteiger partial charge on any atom is 0.233 e. The van der Waals surface area contributed by atoms with E-state index in [9.17, 15) is 4.79 Å². The molecular formula is C15H20N2OS. The lowest BCUT2D eigenvalue weighted by atomic mass is 9.88. The predicted molar refractivity (Wildman–Crippen MR) is 77.6 cm³/mol. The monoisotopic (exact) mass is 276 g/mol. The van der Waals surface area contributed by atoms with Crippen molar-refractivity contribution in [2.75, 3.05) is 5.75 Å². The molecule has 1 amide bonds. The molecule has 3 nitrogen and oxygen atoms in total. The van der Waals surface area contributed by atoms with Crippen LogP contribution in [0.4, 0.5) is 0 Å². The topological polar surface area (TPSA) is 33.2 Å². The molecule has 2 heterocycles. The Balaban J connectivity index is 1.71. The van der Waals surface area contributed by atoms with Crippen molar-refractivity contribution in [1.29, 1.82) is 0 Å². The maximum absolute atomic E-state index is 12.1. The number of aromatic nitrogens is 1. The van der Waals surface area contributed by atoms with Gasteiger partial charge in [-0.15, -0.1) is 11.8 Å². The van der Waals surface area contributed by atoms with Crippen molar-refractivity contribution in [1.82, 2.24) is 9.88 Å². The Bertz CT molecular complexity index is 431. The van der Waals surface area contributed by atoms with Crippen molar-refractivity contribution >= 4 is 17.7 Å². The molecule has 1 aromatic rings. The van der Waals surface area contributed by atoms with Gasteiger partial charge in [0.25, 0.3) is 0 Å². The summed E-state index contributed by atoms with van der Waals surface area (Å²) in [6.07, 6.45) is 8.38. The molecule has 1 saturated carbocycles. The summed E-state index contributed by atoms with van der Waals surface area (Å²) in [5, 5.41) is 0.384. The molecule has 0 aromatic carbocycles. The third-order valence-electron chi connectivity index (χ3n) is 4.12. The average molecular weight is 276 g/mol. The summed E-state index contributed by atoms with van der Waals surface area (Å²) < 4.78 is 0. The third-order valence-corrected chi connectivity index (χ3v) is 5.51. The van der Waals surface area contributed by atoms with Crippen molar-refractivity contribution < 1.29 is 4.79 Å². The van der Waals surface area contributed by atoms with Crippen molar-refractivity contribution in [3.63, 3.8) is 0 Å². The maximum atomic E-state index is 12.1. The lowest BCUT2D eigenvalue weighted by Gasteiger charge is -2.33. The van der Waals surface area contributed by atoms with E-state index < -0.39 is 0 Å². The number of rotatable bonds is 3. The Hall–Kier alpha value is -1.03. The van der Waals surface area contributed by atoms with E-state index in [1.807, 2.05) is 30.0 Å². The van der Waals surface area contributed by atoms with Gasteiger partial charge in [0.2, 0.25) is 5.91 Å². The highest BCUT2D eigenvalue weighted by Gasteiger charge is 2.37. The van der Waals surface area contributed by atoms with E-state index in [0.29, 0.717) is 23.6 Å². The molecule has 1 unspecified atom stereocenters. The van der Waals surface area contributed by atoms with E-state index in [1.54, 1.807) is 6.20 Å². The molecule has 1 aromatic heterocycles. The van der Waals surface area contributed by atoms with Gasteiger partial charge in [0.05, 0.1) is 23.4 Å². The zero-order valence-corrected chi connectivity index (χ0v) is 11.9. The number of pyridine rings is 1. The molecule has 0 radical (unpaired) electrons. The molecule has 2 aliphatic rings. The van der Waals surface area contributed by atoms with Gasteiger partial charge in [-0.2, -0.15) is 0 Å². The Morgan fingerprint density at radius 1 is 1.26 bits per heavy atom. The van der Waals surface area contributed by atoms with E-state index in [1.165, 1.54) is 32.1 Å². The van der Waals surface area contributed by atoms with Crippen molar-refractivity contribution in [3.05, 3.63) is 30.1 Å². The number of hydrogen-bond donors (Lipinski definition) is 0. The lowest BCUT2D eigenvalue weighted by Crippen LogP contribution is -2.37. The second-order valence-electron chi connectivity index (χ2n) is 5.44. The van der Waals surface area contributed by atoms with E-state index >= 15 is 0 Å².